The number of rotatable bonds is 7. The smallest absolute Gasteiger partial charge is 0.0396 e. The van der Waals surface area contributed by atoms with E-state index in [9.17, 15) is 0 Å². The Morgan fingerprint density at radius 2 is 1.89 bits per heavy atom. The van der Waals surface area contributed by atoms with E-state index >= 15 is 0 Å². The van der Waals surface area contributed by atoms with Crippen molar-refractivity contribution in [3.63, 3.8) is 0 Å². The molecule has 0 N–H and O–H groups in total. The molecule has 0 unspecified atom stereocenters. The van der Waals surface area contributed by atoms with Gasteiger partial charge in [0.1, 0.15) is 0 Å². The Labute approximate surface area is 120 Å². The van der Waals surface area contributed by atoms with Crippen molar-refractivity contribution in [2.45, 2.75) is 25.6 Å². The minimum atomic E-state index is 0.931. The molecule has 102 valence electrons. The third-order valence-electron chi connectivity index (χ3n) is 3.17. The maximum atomic E-state index is 3.51. The second kappa shape index (κ2) is 7.80. The normalized spacial score (nSPS) is 11.0. The summed E-state index contributed by atoms with van der Waals surface area (Å²) < 4.78 is 0. The van der Waals surface area contributed by atoms with E-state index < -0.39 is 0 Å². The molecule has 0 aliphatic rings. The van der Waals surface area contributed by atoms with Crippen LogP contribution in [0.3, 0.4) is 0 Å². The third-order valence-corrected chi connectivity index (χ3v) is 3.82. The first-order valence-corrected chi connectivity index (χ1v) is 7.75. The molecule has 1 aromatic rings. The molecule has 2 nitrogen and oxygen atoms in total. The molecule has 18 heavy (non-hydrogen) atoms. The second-order valence-corrected chi connectivity index (χ2v) is 5.55. The van der Waals surface area contributed by atoms with Crippen LogP contribution in [0.1, 0.15) is 24.5 Å². The van der Waals surface area contributed by atoms with Crippen LogP contribution >= 0.6 is 15.9 Å². The van der Waals surface area contributed by atoms with Crippen LogP contribution in [0.15, 0.2) is 18.2 Å². The summed E-state index contributed by atoms with van der Waals surface area (Å²) in [6, 6.07) is 6.75. The summed E-state index contributed by atoms with van der Waals surface area (Å²) in [5.41, 5.74) is 4.10. The quantitative estimate of drug-likeness (QED) is 0.709. The number of alkyl halides is 1. The molecule has 1 aromatic carbocycles. The van der Waals surface area contributed by atoms with Crippen molar-refractivity contribution in [3.8, 4) is 0 Å². The number of nitrogens with zero attached hydrogens (tertiary/aromatic N) is 2. The molecule has 1 rings (SSSR count). The Bertz CT molecular complexity index is 364. The van der Waals surface area contributed by atoms with Crippen molar-refractivity contribution >= 4 is 21.6 Å². The second-order valence-electron chi connectivity index (χ2n) is 4.99. The molecule has 0 radical (unpaired) electrons. The molecule has 0 fully saturated rings. The molecule has 0 aromatic heterocycles. The van der Waals surface area contributed by atoms with Crippen molar-refractivity contribution < 1.29 is 0 Å². The lowest BCUT2D eigenvalue weighted by molar-refractivity contribution is 0.400. The van der Waals surface area contributed by atoms with E-state index in [2.05, 4.69) is 71.9 Å². The van der Waals surface area contributed by atoms with E-state index in [0.29, 0.717) is 0 Å². The third kappa shape index (κ3) is 4.62. The van der Waals surface area contributed by atoms with Crippen molar-refractivity contribution in [1.82, 2.24) is 4.90 Å². The SMILES string of the molecule is CCN(CCCN(C)C)c1ccc(CBr)cc1C. The summed E-state index contributed by atoms with van der Waals surface area (Å²) >= 11 is 3.51. The summed E-state index contributed by atoms with van der Waals surface area (Å²) in [5, 5.41) is 0.931. The van der Waals surface area contributed by atoms with E-state index in [1.165, 1.54) is 23.2 Å². The topological polar surface area (TPSA) is 6.48 Å². The Morgan fingerprint density at radius 1 is 1.17 bits per heavy atom. The van der Waals surface area contributed by atoms with Gasteiger partial charge in [0, 0.05) is 24.1 Å². The van der Waals surface area contributed by atoms with Crippen LogP contribution < -0.4 is 4.90 Å². The molecule has 0 atom stereocenters. The first-order chi connectivity index (χ1) is 8.58. The van der Waals surface area contributed by atoms with E-state index in [1.54, 1.807) is 0 Å². The predicted molar refractivity (Wildman–Crippen MR) is 84.9 cm³/mol. The van der Waals surface area contributed by atoms with Crippen LogP contribution in [-0.2, 0) is 5.33 Å². The first kappa shape index (κ1) is 15.5. The number of aryl methyl sites for hydroxylation is 1. The Balaban J connectivity index is 2.69. The highest BCUT2D eigenvalue weighted by atomic mass is 79.9. The van der Waals surface area contributed by atoms with Crippen molar-refractivity contribution in [1.29, 1.82) is 0 Å². The van der Waals surface area contributed by atoms with E-state index in [4.69, 9.17) is 0 Å². The van der Waals surface area contributed by atoms with E-state index in [1.807, 2.05) is 0 Å². The largest absolute Gasteiger partial charge is 0.372 e. The van der Waals surface area contributed by atoms with Gasteiger partial charge in [-0.2, -0.15) is 0 Å². The average molecular weight is 313 g/mol. The maximum absolute atomic E-state index is 3.51. The van der Waals surface area contributed by atoms with Crippen molar-refractivity contribution in [2.75, 3.05) is 38.6 Å². The average Bonchev–Trinajstić information content (AvgIpc) is 2.35. The molecule has 0 spiro atoms. The van der Waals surface area contributed by atoms with Crippen LogP contribution in [0.4, 0.5) is 5.69 Å². The predicted octanol–water partition coefficient (Wildman–Crippen LogP) is 3.67. The van der Waals surface area contributed by atoms with Gasteiger partial charge >= 0.3 is 0 Å². The zero-order chi connectivity index (χ0) is 13.5. The number of hydrogen-bond acceptors (Lipinski definition) is 2. The molecule has 0 heterocycles. The highest BCUT2D eigenvalue weighted by Crippen LogP contribution is 2.22. The van der Waals surface area contributed by atoms with Gasteiger partial charge in [-0.3, -0.25) is 0 Å². The molecule has 0 saturated heterocycles. The highest BCUT2D eigenvalue weighted by molar-refractivity contribution is 9.08. The number of halogens is 1. The lowest BCUT2D eigenvalue weighted by Gasteiger charge is -2.26. The Hall–Kier alpha value is -0.540. The van der Waals surface area contributed by atoms with Crippen molar-refractivity contribution in [3.05, 3.63) is 29.3 Å². The van der Waals surface area contributed by atoms with Gasteiger partial charge < -0.3 is 9.80 Å². The minimum absolute atomic E-state index is 0.931. The molecule has 0 bridgehead atoms. The molecule has 0 amide bonds. The summed E-state index contributed by atoms with van der Waals surface area (Å²) in [7, 11) is 4.26. The van der Waals surface area contributed by atoms with Crippen LogP contribution in [0.5, 0.6) is 0 Å². The number of benzene rings is 1. The number of hydrogen-bond donors (Lipinski definition) is 0. The van der Waals surface area contributed by atoms with Crippen LogP contribution in [0.25, 0.3) is 0 Å². The monoisotopic (exact) mass is 312 g/mol. The Kier molecular flexibility index (Phi) is 6.72. The Morgan fingerprint density at radius 3 is 2.39 bits per heavy atom. The van der Waals surface area contributed by atoms with Crippen molar-refractivity contribution in [2.24, 2.45) is 0 Å². The lowest BCUT2D eigenvalue weighted by Crippen LogP contribution is -2.27. The van der Waals surface area contributed by atoms with Gasteiger partial charge in [-0.15, -0.1) is 0 Å². The molecule has 0 saturated carbocycles. The fourth-order valence-electron chi connectivity index (χ4n) is 2.18. The van der Waals surface area contributed by atoms with E-state index in [-0.39, 0.29) is 0 Å². The van der Waals surface area contributed by atoms with Crippen LogP contribution in [-0.4, -0.2) is 38.6 Å². The maximum Gasteiger partial charge on any atom is 0.0396 e. The number of anilines is 1. The standard InChI is InChI=1S/C15H25BrN2/c1-5-18(10-6-9-17(3)4)15-8-7-14(12-16)11-13(15)2/h7-8,11H,5-6,9-10,12H2,1-4H3. The fourth-order valence-corrected chi connectivity index (χ4v) is 2.53. The highest BCUT2D eigenvalue weighted by Gasteiger charge is 2.07. The summed E-state index contributed by atoms with van der Waals surface area (Å²) in [4.78, 5) is 4.71. The van der Waals surface area contributed by atoms with Crippen LogP contribution in [0, 0.1) is 6.92 Å². The molecule has 3 heteroatoms. The summed E-state index contributed by atoms with van der Waals surface area (Å²) in [5.74, 6) is 0. The molecular formula is C15H25BrN2. The van der Waals surface area contributed by atoms with Gasteiger partial charge in [0.2, 0.25) is 0 Å². The van der Waals surface area contributed by atoms with Gasteiger partial charge in [0.05, 0.1) is 0 Å². The summed E-state index contributed by atoms with van der Waals surface area (Å²) in [6.07, 6.45) is 1.21. The molecular weight excluding hydrogens is 288 g/mol. The summed E-state index contributed by atoms with van der Waals surface area (Å²) in [6.45, 7) is 7.78. The van der Waals surface area contributed by atoms with Gasteiger partial charge in [0.15, 0.2) is 0 Å². The first-order valence-electron chi connectivity index (χ1n) is 6.63. The van der Waals surface area contributed by atoms with Gasteiger partial charge in [-0.25, -0.2) is 0 Å². The van der Waals surface area contributed by atoms with E-state index in [0.717, 1.165) is 25.0 Å². The minimum Gasteiger partial charge on any atom is -0.372 e. The zero-order valence-electron chi connectivity index (χ0n) is 12.0. The molecule has 0 aliphatic heterocycles. The lowest BCUT2D eigenvalue weighted by atomic mass is 10.1. The fraction of sp³-hybridized carbons (Fsp3) is 0.600. The van der Waals surface area contributed by atoms with Gasteiger partial charge in [0.25, 0.3) is 0 Å². The van der Waals surface area contributed by atoms with Crippen LogP contribution in [0.2, 0.25) is 0 Å². The van der Waals surface area contributed by atoms with Gasteiger partial charge in [-0.1, -0.05) is 28.1 Å². The zero-order valence-corrected chi connectivity index (χ0v) is 13.6. The molecule has 0 aliphatic carbocycles. The van der Waals surface area contributed by atoms with Gasteiger partial charge in [-0.05, 0) is 58.1 Å².